The van der Waals surface area contributed by atoms with Gasteiger partial charge in [-0.25, -0.2) is 4.79 Å². The molecule has 2 saturated carbocycles. The average Bonchev–Trinajstić information content (AvgIpc) is 2.79. The van der Waals surface area contributed by atoms with Crippen LogP contribution in [0.3, 0.4) is 0 Å². The topological polar surface area (TPSA) is 74.2 Å². The first-order valence-corrected chi connectivity index (χ1v) is 12.3. The Morgan fingerprint density at radius 1 is 1.03 bits per heavy atom. The van der Waals surface area contributed by atoms with Crippen LogP contribution in [0.1, 0.15) is 77.6 Å². The first-order chi connectivity index (χ1) is 15.1. The molecule has 1 unspecified atom stereocenters. The zero-order chi connectivity index (χ0) is 22.5. The Labute approximate surface area is 188 Å². The largest absolute Gasteiger partial charge is 0.391 e. The van der Waals surface area contributed by atoms with Crippen LogP contribution in [0.5, 0.6) is 0 Å². The molecule has 0 amide bonds. The van der Waals surface area contributed by atoms with Crippen molar-refractivity contribution < 1.29 is 29.1 Å². The molecule has 0 aromatic carbocycles. The van der Waals surface area contributed by atoms with Crippen LogP contribution in [0.15, 0.2) is 12.2 Å². The Bertz CT molecular complexity index is 506. The number of aliphatic hydroxyl groups excluding tert-OH is 1. The van der Waals surface area contributed by atoms with E-state index in [0.717, 1.165) is 24.9 Å². The number of hydrogen-bond donors (Lipinski definition) is 1. The van der Waals surface area contributed by atoms with Crippen LogP contribution in [0.25, 0.3) is 0 Å². The number of unbranched alkanes of at least 4 members (excludes halogenated alkanes) is 1. The number of methoxy groups -OCH3 is 1. The van der Waals surface area contributed by atoms with Gasteiger partial charge in [-0.05, 0) is 69.1 Å². The molecule has 2 aliphatic carbocycles. The molecule has 2 aliphatic rings. The third kappa shape index (κ3) is 9.60. The van der Waals surface area contributed by atoms with Gasteiger partial charge >= 0.3 is 5.97 Å². The lowest BCUT2D eigenvalue weighted by Gasteiger charge is -2.38. The number of aliphatic hydroxyl groups is 1. The molecule has 31 heavy (non-hydrogen) atoms. The van der Waals surface area contributed by atoms with Gasteiger partial charge in [-0.2, -0.15) is 4.89 Å². The number of carbonyl (C=O) groups is 1. The van der Waals surface area contributed by atoms with E-state index in [1.54, 1.807) is 7.11 Å². The van der Waals surface area contributed by atoms with Gasteiger partial charge in [-0.3, -0.25) is 4.89 Å². The first-order valence-electron chi connectivity index (χ1n) is 12.3. The van der Waals surface area contributed by atoms with E-state index in [1.165, 1.54) is 64.2 Å². The number of rotatable bonds is 14. The van der Waals surface area contributed by atoms with Gasteiger partial charge in [0.1, 0.15) is 0 Å². The molecule has 0 saturated heterocycles. The Morgan fingerprint density at radius 3 is 2.26 bits per heavy atom. The summed E-state index contributed by atoms with van der Waals surface area (Å²) in [7, 11) is 1.69. The summed E-state index contributed by atoms with van der Waals surface area (Å²) in [5.74, 6) is 1.90. The van der Waals surface area contributed by atoms with Gasteiger partial charge in [0, 0.05) is 19.6 Å². The van der Waals surface area contributed by atoms with E-state index in [1.807, 2.05) is 0 Å². The molecule has 2 fully saturated rings. The van der Waals surface area contributed by atoms with Crippen molar-refractivity contribution in [1.82, 2.24) is 0 Å². The molecule has 0 radical (unpaired) electrons. The second-order valence-electron chi connectivity index (χ2n) is 9.52. The van der Waals surface area contributed by atoms with Crippen LogP contribution in [-0.2, 0) is 24.0 Å². The molecule has 0 aliphatic heterocycles. The van der Waals surface area contributed by atoms with Gasteiger partial charge in [-0.15, -0.1) is 0 Å². The second-order valence-corrected chi connectivity index (χ2v) is 9.52. The van der Waals surface area contributed by atoms with E-state index < -0.39 is 12.6 Å². The molecule has 1 atom stereocenters. The van der Waals surface area contributed by atoms with E-state index in [2.05, 4.69) is 13.5 Å². The Balaban J connectivity index is 1.65. The number of ether oxygens (including phenoxy) is 2. The predicted octanol–water partition coefficient (Wildman–Crippen LogP) is 4.84. The van der Waals surface area contributed by atoms with Crippen molar-refractivity contribution in [2.45, 2.75) is 83.7 Å². The predicted molar refractivity (Wildman–Crippen MR) is 120 cm³/mol. The van der Waals surface area contributed by atoms with Crippen molar-refractivity contribution in [3.8, 4) is 0 Å². The molecule has 0 heterocycles. The molecule has 0 spiro atoms. The maximum atomic E-state index is 11.5. The normalized spacial score (nSPS) is 27.6. The minimum Gasteiger partial charge on any atom is -0.391 e. The zero-order valence-electron chi connectivity index (χ0n) is 19.7. The minimum atomic E-state index is -0.718. The van der Waals surface area contributed by atoms with Crippen molar-refractivity contribution in [3.05, 3.63) is 12.2 Å². The van der Waals surface area contributed by atoms with Crippen LogP contribution in [-0.4, -0.2) is 50.7 Å². The lowest BCUT2D eigenvalue weighted by Crippen LogP contribution is -2.29. The molecule has 180 valence electrons. The minimum absolute atomic E-state index is 0.0110. The third-order valence-corrected chi connectivity index (χ3v) is 7.12. The maximum absolute atomic E-state index is 11.5. The van der Waals surface area contributed by atoms with Crippen molar-refractivity contribution in [2.24, 2.45) is 23.7 Å². The highest BCUT2D eigenvalue weighted by atomic mass is 17.2. The SMILES string of the molecule is C=C(CO)C(=O)OOCC(COC)CC1CCC(C2CCC(OCCCC)CC2)CC1. The van der Waals surface area contributed by atoms with Crippen LogP contribution in [0.2, 0.25) is 0 Å². The molecular formula is C25H44O6. The van der Waals surface area contributed by atoms with Gasteiger partial charge in [0.05, 0.1) is 31.5 Å². The molecular weight excluding hydrogens is 396 g/mol. The number of carbonyl (C=O) groups excluding carboxylic acids is 1. The van der Waals surface area contributed by atoms with E-state index in [-0.39, 0.29) is 11.5 Å². The van der Waals surface area contributed by atoms with Crippen LogP contribution < -0.4 is 0 Å². The lowest BCUT2D eigenvalue weighted by atomic mass is 9.69. The Kier molecular flexibility index (Phi) is 12.7. The highest BCUT2D eigenvalue weighted by Crippen LogP contribution is 2.42. The van der Waals surface area contributed by atoms with Gasteiger partial charge in [0.2, 0.25) is 0 Å². The average molecular weight is 441 g/mol. The van der Waals surface area contributed by atoms with Crippen molar-refractivity contribution in [2.75, 3.05) is 33.5 Å². The van der Waals surface area contributed by atoms with Crippen molar-refractivity contribution in [3.63, 3.8) is 0 Å². The summed E-state index contributed by atoms with van der Waals surface area (Å²) in [5.41, 5.74) is -0.0110. The quantitative estimate of drug-likeness (QED) is 0.180. The molecule has 0 bridgehead atoms. The summed E-state index contributed by atoms with van der Waals surface area (Å²) in [5, 5.41) is 8.90. The van der Waals surface area contributed by atoms with Crippen molar-refractivity contribution in [1.29, 1.82) is 0 Å². The van der Waals surface area contributed by atoms with Crippen molar-refractivity contribution >= 4 is 5.97 Å². The summed E-state index contributed by atoms with van der Waals surface area (Å²) in [4.78, 5) is 21.4. The fourth-order valence-corrected chi connectivity index (χ4v) is 5.21. The highest BCUT2D eigenvalue weighted by Gasteiger charge is 2.32. The highest BCUT2D eigenvalue weighted by molar-refractivity contribution is 5.87. The summed E-state index contributed by atoms with van der Waals surface area (Å²) in [6.07, 6.45) is 14.2. The van der Waals surface area contributed by atoms with Crippen LogP contribution in [0.4, 0.5) is 0 Å². The van der Waals surface area contributed by atoms with Gasteiger partial charge < -0.3 is 14.6 Å². The standard InChI is InChI=1S/C25H44O6/c1-4-5-14-29-24-12-10-23(11-13-24)22-8-6-20(7-9-22)15-21(17-28-3)18-30-31-25(27)19(2)16-26/h20-24,26H,2,4-18H2,1,3H3. The van der Waals surface area contributed by atoms with E-state index in [0.29, 0.717) is 25.2 Å². The molecule has 1 N–H and O–H groups in total. The van der Waals surface area contributed by atoms with Gasteiger partial charge in [0.15, 0.2) is 0 Å². The van der Waals surface area contributed by atoms with Gasteiger partial charge in [0.25, 0.3) is 0 Å². The molecule has 6 heteroatoms. The van der Waals surface area contributed by atoms with Crippen LogP contribution in [0, 0.1) is 23.7 Å². The monoisotopic (exact) mass is 440 g/mol. The van der Waals surface area contributed by atoms with Crippen LogP contribution >= 0.6 is 0 Å². The molecule has 0 aromatic rings. The van der Waals surface area contributed by atoms with E-state index >= 15 is 0 Å². The van der Waals surface area contributed by atoms with E-state index in [9.17, 15) is 4.79 Å². The van der Waals surface area contributed by atoms with Gasteiger partial charge in [-0.1, -0.05) is 32.8 Å². The first kappa shape index (κ1) is 26.3. The maximum Gasteiger partial charge on any atom is 0.370 e. The fraction of sp³-hybridized carbons (Fsp3) is 0.880. The van der Waals surface area contributed by atoms with E-state index in [4.69, 9.17) is 24.4 Å². The fourth-order valence-electron chi connectivity index (χ4n) is 5.21. The Morgan fingerprint density at radius 2 is 1.68 bits per heavy atom. The summed E-state index contributed by atoms with van der Waals surface area (Å²) in [6, 6.07) is 0. The summed E-state index contributed by atoms with van der Waals surface area (Å²) in [6.45, 7) is 7.03. The second kappa shape index (κ2) is 15.0. The number of hydrogen-bond acceptors (Lipinski definition) is 6. The summed E-state index contributed by atoms with van der Waals surface area (Å²) >= 11 is 0. The molecule has 2 rings (SSSR count). The molecule has 0 aromatic heterocycles. The Hall–Kier alpha value is -0.950. The zero-order valence-corrected chi connectivity index (χ0v) is 19.7. The summed E-state index contributed by atoms with van der Waals surface area (Å²) < 4.78 is 11.4. The third-order valence-electron chi connectivity index (χ3n) is 7.12. The molecule has 6 nitrogen and oxygen atoms in total. The smallest absolute Gasteiger partial charge is 0.370 e. The lowest BCUT2D eigenvalue weighted by molar-refractivity contribution is -0.276.